The number of hydrogen-bond acceptors (Lipinski definition) is 2. The van der Waals surface area contributed by atoms with Gasteiger partial charge in [-0.25, -0.2) is 0 Å². The molecule has 1 aromatic carbocycles. The zero-order valence-electron chi connectivity index (χ0n) is 10.4. The second-order valence-electron chi connectivity index (χ2n) is 5.77. The van der Waals surface area contributed by atoms with Gasteiger partial charge in [-0.15, -0.1) is 0 Å². The third-order valence-electron chi connectivity index (χ3n) is 4.74. The van der Waals surface area contributed by atoms with Gasteiger partial charge in [0.1, 0.15) is 0 Å². The van der Waals surface area contributed by atoms with Gasteiger partial charge in [0.05, 0.1) is 5.70 Å². The molecule has 0 saturated carbocycles. The van der Waals surface area contributed by atoms with E-state index in [-0.39, 0.29) is 0 Å². The van der Waals surface area contributed by atoms with Gasteiger partial charge >= 0.3 is 0 Å². The van der Waals surface area contributed by atoms with Crippen molar-refractivity contribution in [2.75, 3.05) is 0 Å². The first-order valence-electron chi connectivity index (χ1n) is 6.92. The van der Waals surface area contributed by atoms with Crippen molar-refractivity contribution in [3.63, 3.8) is 0 Å². The van der Waals surface area contributed by atoms with Crippen LogP contribution in [0.1, 0.15) is 31.2 Å². The van der Waals surface area contributed by atoms with Gasteiger partial charge in [-0.05, 0) is 37.3 Å². The van der Waals surface area contributed by atoms with Gasteiger partial charge < -0.3 is 4.90 Å². The summed E-state index contributed by atoms with van der Waals surface area (Å²) < 4.78 is 0. The van der Waals surface area contributed by atoms with Crippen molar-refractivity contribution >= 4 is 11.9 Å². The average molecular weight is 239 g/mol. The Bertz CT molecular complexity index is 505. The van der Waals surface area contributed by atoms with Crippen molar-refractivity contribution < 1.29 is 4.79 Å². The first kappa shape index (κ1) is 10.4. The fraction of sp³-hybridized carbons (Fsp3) is 0.438. The Hall–Kier alpha value is -1.57. The third kappa shape index (κ3) is 1.38. The van der Waals surface area contributed by atoms with Crippen molar-refractivity contribution in [3.8, 4) is 0 Å². The molecule has 4 aliphatic rings. The van der Waals surface area contributed by atoms with Crippen LogP contribution < -0.4 is 0 Å². The van der Waals surface area contributed by atoms with E-state index in [4.69, 9.17) is 0 Å². The van der Waals surface area contributed by atoms with Crippen LogP contribution in [0.2, 0.25) is 0 Å². The zero-order valence-corrected chi connectivity index (χ0v) is 10.4. The fourth-order valence-electron chi connectivity index (χ4n) is 3.97. The maximum Gasteiger partial charge on any atom is 0.182 e. The number of carbonyl (C=O) groups excluding carboxylic acids is 1. The molecule has 4 saturated heterocycles. The smallest absolute Gasteiger partial charge is 0.182 e. The number of nitrogens with zero attached hydrogens (tertiary/aromatic N) is 1. The zero-order chi connectivity index (χ0) is 12.1. The number of ketones is 1. The van der Waals surface area contributed by atoms with Crippen LogP contribution in [-0.2, 0) is 4.79 Å². The van der Waals surface area contributed by atoms with Crippen LogP contribution >= 0.6 is 0 Å². The van der Waals surface area contributed by atoms with Crippen molar-refractivity contribution in [1.29, 1.82) is 0 Å². The van der Waals surface area contributed by atoms with Gasteiger partial charge in [0.15, 0.2) is 5.78 Å². The third-order valence-corrected chi connectivity index (χ3v) is 4.74. The molecule has 2 heteroatoms. The minimum absolute atomic E-state index is 0.308. The van der Waals surface area contributed by atoms with Gasteiger partial charge in [0.2, 0.25) is 0 Å². The van der Waals surface area contributed by atoms with E-state index in [1.165, 1.54) is 12.8 Å². The van der Waals surface area contributed by atoms with Crippen LogP contribution in [0.3, 0.4) is 0 Å². The lowest BCUT2D eigenvalue weighted by Crippen LogP contribution is -2.52. The summed E-state index contributed by atoms with van der Waals surface area (Å²) in [6.07, 6.45) is 6.85. The number of benzene rings is 1. The van der Waals surface area contributed by atoms with Gasteiger partial charge in [-0.1, -0.05) is 30.3 Å². The largest absolute Gasteiger partial charge is 0.363 e. The minimum atomic E-state index is 0.308. The summed E-state index contributed by atoms with van der Waals surface area (Å²) >= 11 is 0. The maximum atomic E-state index is 12.4. The number of Topliss-reactive ketones (excluding diaryl/α,β-unsaturated/α-hetero) is 1. The summed E-state index contributed by atoms with van der Waals surface area (Å²) in [7, 11) is 0. The van der Waals surface area contributed by atoms with Crippen LogP contribution in [0.5, 0.6) is 0 Å². The van der Waals surface area contributed by atoms with E-state index in [1.54, 1.807) is 0 Å². The highest BCUT2D eigenvalue weighted by Gasteiger charge is 2.50. The van der Waals surface area contributed by atoms with Crippen LogP contribution in [0.25, 0.3) is 6.08 Å². The van der Waals surface area contributed by atoms with Crippen LogP contribution in [0, 0.1) is 5.92 Å². The quantitative estimate of drug-likeness (QED) is 0.702. The van der Waals surface area contributed by atoms with Gasteiger partial charge in [-0.3, -0.25) is 4.79 Å². The van der Waals surface area contributed by atoms with E-state index < -0.39 is 0 Å². The molecule has 5 rings (SSSR count). The highest BCUT2D eigenvalue weighted by Crippen LogP contribution is 2.47. The lowest BCUT2D eigenvalue weighted by Gasteiger charge is -2.47. The molecule has 0 N–H and O–H groups in total. The van der Waals surface area contributed by atoms with Gasteiger partial charge in [-0.2, -0.15) is 0 Å². The molecular formula is C16H17NO. The van der Waals surface area contributed by atoms with E-state index in [0.717, 1.165) is 24.1 Å². The molecular weight excluding hydrogens is 222 g/mol. The number of carbonyl (C=O) groups is 1. The predicted molar refractivity (Wildman–Crippen MR) is 70.8 cm³/mol. The Labute approximate surface area is 107 Å². The van der Waals surface area contributed by atoms with Gasteiger partial charge in [0.25, 0.3) is 0 Å². The van der Waals surface area contributed by atoms with E-state index in [9.17, 15) is 4.79 Å². The molecule has 4 bridgehead atoms. The normalized spacial score (nSPS) is 35.6. The first-order valence-corrected chi connectivity index (χ1v) is 6.92. The number of allylic oxidation sites excluding steroid dienone is 1. The van der Waals surface area contributed by atoms with Crippen LogP contribution in [0.15, 0.2) is 36.0 Å². The number of fused-ring (bicyclic) bond motifs is 1. The first-order chi connectivity index (χ1) is 8.83. The van der Waals surface area contributed by atoms with E-state index in [1.807, 2.05) is 18.2 Å². The predicted octanol–water partition coefficient (Wildman–Crippen LogP) is 2.85. The van der Waals surface area contributed by atoms with Gasteiger partial charge in [0, 0.05) is 18.0 Å². The Morgan fingerprint density at radius 3 is 2.39 bits per heavy atom. The Balaban J connectivity index is 1.76. The SMILES string of the molecule is O=C1/C(=C/c2ccccc2)N2[C@H]3CC[C@H]2CC1C3. The van der Waals surface area contributed by atoms with Crippen molar-refractivity contribution in [3.05, 3.63) is 41.6 Å². The van der Waals surface area contributed by atoms with Crippen molar-refractivity contribution in [2.45, 2.75) is 37.8 Å². The second kappa shape index (κ2) is 3.71. The Morgan fingerprint density at radius 1 is 1.06 bits per heavy atom. The molecule has 0 unspecified atom stereocenters. The number of piperidine rings is 3. The minimum Gasteiger partial charge on any atom is -0.363 e. The molecule has 2 atom stereocenters. The van der Waals surface area contributed by atoms with E-state index in [0.29, 0.717) is 23.8 Å². The number of hydrogen-bond donors (Lipinski definition) is 0. The molecule has 0 spiro atoms. The molecule has 0 amide bonds. The molecule has 4 fully saturated rings. The molecule has 2 nitrogen and oxygen atoms in total. The lowest BCUT2D eigenvalue weighted by molar-refractivity contribution is -0.128. The molecule has 92 valence electrons. The van der Waals surface area contributed by atoms with Crippen LogP contribution in [-0.4, -0.2) is 22.8 Å². The summed E-state index contributed by atoms with van der Waals surface area (Å²) in [6.45, 7) is 0. The summed E-state index contributed by atoms with van der Waals surface area (Å²) in [5.41, 5.74) is 2.13. The molecule has 0 radical (unpaired) electrons. The van der Waals surface area contributed by atoms with Crippen LogP contribution in [0.4, 0.5) is 0 Å². The molecule has 18 heavy (non-hydrogen) atoms. The summed E-state index contributed by atoms with van der Waals surface area (Å²) in [4.78, 5) is 14.8. The molecule has 1 aromatic rings. The van der Waals surface area contributed by atoms with E-state index >= 15 is 0 Å². The van der Waals surface area contributed by atoms with E-state index in [2.05, 4.69) is 23.1 Å². The summed E-state index contributed by atoms with van der Waals surface area (Å²) in [6, 6.07) is 11.5. The lowest BCUT2D eigenvalue weighted by atomic mass is 9.79. The molecule has 4 heterocycles. The second-order valence-corrected chi connectivity index (χ2v) is 5.77. The topological polar surface area (TPSA) is 20.3 Å². The summed E-state index contributed by atoms with van der Waals surface area (Å²) in [5, 5.41) is 0. The monoisotopic (exact) mass is 239 g/mol. The maximum absolute atomic E-state index is 12.4. The Morgan fingerprint density at radius 2 is 1.72 bits per heavy atom. The van der Waals surface area contributed by atoms with Crippen molar-refractivity contribution in [1.82, 2.24) is 4.90 Å². The standard InChI is InChI=1S/C16H17NO/c18-16-12-9-13-6-7-14(10-12)17(13)15(16)8-11-4-2-1-3-5-11/h1-5,8,12-14H,6-7,9-10H2/b15-8-/t13-,14-/m0/s1. The molecule has 4 aliphatic heterocycles. The van der Waals surface area contributed by atoms with Crippen molar-refractivity contribution in [2.24, 2.45) is 5.92 Å². The Kier molecular flexibility index (Phi) is 2.14. The summed E-state index contributed by atoms with van der Waals surface area (Å²) in [5.74, 6) is 0.690. The average Bonchev–Trinajstić information content (AvgIpc) is 2.69. The number of rotatable bonds is 1. The highest BCUT2D eigenvalue weighted by molar-refractivity contribution is 6.02. The fourth-order valence-corrected chi connectivity index (χ4v) is 3.97. The molecule has 0 aliphatic carbocycles. The highest BCUT2D eigenvalue weighted by atomic mass is 16.1. The molecule has 0 aromatic heterocycles.